The number of halogens is 1. The third kappa shape index (κ3) is 5.15. The van der Waals surface area contributed by atoms with E-state index in [1.54, 1.807) is 12.3 Å². The zero-order valence-electron chi connectivity index (χ0n) is 22.0. The number of ether oxygens (including phenoxy) is 1. The number of carbonyl (C=O) groups is 1. The molecule has 1 aromatic carbocycles. The molecule has 5 heterocycles. The van der Waals surface area contributed by atoms with Crippen LogP contribution in [0.3, 0.4) is 0 Å². The minimum atomic E-state index is -2.45. The number of benzene rings is 1. The number of amides is 1. The number of fused-ring (bicyclic) bond motifs is 2. The van der Waals surface area contributed by atoms with Crippen molar-refractivity contribution in [2.45, 2.75) is 62.8 Å². The highest BCUT2D eigenvalue weighted by atomic mass is 35.5. The average Bonchev–Trinajstić information content (AvgIpc) is 3.59. The van der Waals surface area contributed by atoms with Crippen molar-refractivity contribution >= 4 is 44.7 Å². The molecule has 2 bridgehead atoms. The number of nitrogens with one attached hydrogen (secondary N) is 1. The van der Waals surface area contributed by atoms with Crippen molar-refractivity contribution in [3.05, 3.63) is 41.0 Å². The van der Waals surface area contributed by atoms with Gasteiger partial charge in [0.2, 0.25) is 0 Å². The van der Waals surface area contributed by atoms with E-state index in [0.717, 1.165) is 75.4 Å². The van der Waals surface area contributed by atoms with Crippen molar-refractivity contribution in [3.63, 3.8) is 0 Å². The second-order valence-electron chi connectivity index (χ2n) is 11.4. The van der Waals surface area contributed by atoms with Crippen LogP contribution in [0.2, 0.25) is 5.02 Å². The zero-order valence-corrected chi connectivity index (χ0v) is 23.6. The number of nitrogens with zero attached hydrogens (tertiary/aromatic N) is 5. The second-order valence-corrected chi connectivity index (χ2v) is 14.0. The Morgan fingerprint density at radius 3 is 2.63 bits per heavy atom. The van der Waals surface area contributed by atoms with Crippen LogP contribution in [0.5, 0.6) is 0 Å². The van der Waals surface area contributed by atoms with E-state index in [0.29, 0.717) is 31.1 Å². The Morgan fingerprint density at radius 1 is 1.18 bits per heavy atom. The van der Waals surface area contributed by atoms with Gasteiger partial charge in [-0.15, -0.1) is 5.10 Å². The number of piperidine rings is 1. The van der Waals surface area contributed by atoms with E-state index < -0.39 is 9.71 Å². The molecule has 206 valence electrons. The lowest BCUT2D eigenvalue weighted by molar-refractivity contribution is 0.0305. The first-order chi connectivity index (χ1) is 18.2. The first kappa shape index (κ1) is 26.0. The summed E-state index contributed by atoms with van der Waals surface area (Å²) in [4.78, 5) is 20.0. The van der Waals surface area contributed by atoms with E-state index >= 15 is 0 Å². The molecular weight excluding hydrogens is 524 g/mol. The standard InChI is InChI=1S/C27H37ClN6O3S/c1-38(2,36)30-24-9-14-34(29-24)26(35)31-15-11-27(12-16-31)10-4-13-33(27)17-20-5-3-6-23(25(20)28)32-18-21-7-8-22(19-32)37-21/h3,5-6,9,14,21-22H,1,4,7-8,10-13,15-19H2,2H3,(H,29,30,36). The molecule has 1 amide bonds. The van der Waals surface area contributed by atoms with Gasteiger partial charge < -0.3 is 14.5 Å². The lowest BCUT2D eigenvalue weighted by atomic mass is 9.84. The third-order valence-electron chi connectivity index (χ3n) is 8.61. The summed E-state index contributed by atoms with van der Waals surface area (Å²) >= 11 is 7.04. The van der Waals surface area contributed by atoms with Gasteiger partial charge in [-0.3, -0.25) is 9.62 Å². The van der Waals surface area contributed by atoms with Gasteiger partial charge in [0.1, 0.15) is 0 Å². The Hall–Kier alpha value is -2.27. The van der Waals surface area contributed by atoms with Crippen LogP contribution >= 0.6 is 11.6 Å². The number of anilines is 2. The van der Waals surface area contributed by atoms with E-state index in [1.165, 1.54) is 16.5 Å². The van der Waals surface area contributed by atoms with E-state index in [1.807, 2.05) is 4.90 Å². The number of likely N-dealkylation sites (tertiary alicyclic amines) is 2. The highest BCUT2D eigenvalue weighted by Gasteiger charge is 2.44. The van der Waals surface area contributed by atoms with Crippen molar-refractivity contribution < 1.29 is 13.7 Å². The van der Waals surface area contributed by atoms with Gasteiger partial charge in [0, 0.05) is 66.5 Å². The lowest BCUT2D eigenvalue weighted by Crippen LogP contribution is -2.53. The molecule has 1 aromatic heterocycles. The maximum Gasteiger partial charge on any atom is 0.344 e. The van der Waals surface area contributed by atoms with E-state index in [-0.39, 0.29) is 11.6 Å². The molecule has 4 aliphatic heterocycles. The van der Waals surface area contributed by atoms with Crippen molar-refractivity contribution in [1.29, 1.82) is 0 Å². The molecule has 38 heavy (non-hydrogen) atoms. The molecule has 4 fully saturated rings. The van der Waals surface area contributed by atoms with Crippen molar-refractivity contribution in [1.82, 2.24) is 19.6 Å². The van der Waals surface area contributed by atoms with E-state index in [4.69, 9.17) is 16.3 Å². The average molecular weight is 561 g/mol. The summed E-state index contributed by atoms with van der Waals surface area (Å²) in [6.45, 7) is 5.07. The normalized spacial score (nSPS) is 26.6. The lowest BCUT2D eigenvalue weighted by Gasteiger charge is -2.45. The molecule has 4 saturated heterocycles. The zero-order chi connectivity index (χ0) is 26.5. The molecular formula is C27H37ClN6O3S. The minimum absolute atomic E-state index is 0.0899. The number of aromatic nitrogens is 2. The predicted molar refractivity (Wildman–Crippen MR) is 153 cm³/mol. The van der Waals surface area contributed by atoms with Crippen LogP contribution in [0.4, 0.5) is 16.3 Å². The summed E-state index contributed by atoms with van der Waals surface area (Å²) in [6.07, 6.45) is 10.2. The Labute approximate surface area is 230 Å². The van der Waals surface area contributed by atoms with Crippen LogP contribution in [0, 0.1) is 0 Å². The highest BCUT2D eigenvalue weighted by molar-refractivity contribution is 8.00. The molecule has 3 atom stereocenters. The van der Waals surface area contributed by atoms with Crippen LogP contribution in [0.1, 0.15) is 44.1 Å². The van der Waals surface area contributed by atoms with Crippen LogP contribution in [-0.2, 0) is 21.0 Å². The van der Waals surface area contributed by atoms with Crippen molar-refractivity contribution in [2.75, 3.05) is 48.6 Å². The van der Waals surface area contributed by atoms with E-state index in [9.17, 15) is 9.00 Å². The predicted octanol–water partition coefficient (Wildman–Crippen LogP) is 3.68. The van der Waals surface area contributed by atoms with Crippen LogP contribution in [-0.4, -0.2) is 92.4 Å². The van der Waals surface area contributed by atoms with Gasteiger partial charge in [-0.1, -0.05) is 23.7 Å². The second kappa shape index (κ2) is 10.0. The topological polar surface area (TPSA) is 82.9 Å². The molecule has 4 aliphatic rings. The number of carbonyl (C=O) groups excluding carboxylic acids is 1. The Balaban J connectivity index is 1.11. The van der Waals surface area contributed by atoms with Gasteiger partial charge in [0.25, 0.3) is 0 Å². The monoisotopic (exact) mass is 560 g/mol. The molecule has 0 radical (unpaired) electrons. The quantitative estimate of drug-likeness (QED) is 0.562. The van der Waals surface area contributed by atoms with Gasteiger partial charge in [-0.2, -0.15) is 4.68 Å². The summed E-state index contributed by atoms with van der Waals surface area (Å²) in [6, 6.07) is 7.94. The SMILES string of the molecule is C=S(C)(=O)Nc1ccn(C(=O)N2CCC3(CCCN3Cc3cccc(N4CC5CCC(C4)O5)c3Cl)CC2)n1. The first-order valence-corrected chi connectivity index (χ1v) is 16.1. The first-order valence-electron chi connectivity index (χ1n) is 13.6. The maximum atomic E-state index is 13.1. The van der Waals surface area contributed by atoms with Gasteiger partial charge in [0.15, 0.2) is 5.82 Å². The largest absolute Gasteiger partial charge is 0.371 e. The summed E-state index contributed by atoms with van der Waals surface area (Å²) in [5, 5.41) is 5.12. The van der Waals surface area contributed by atoms with Crippen molar-refractivity contribution in [3.8, 4) is 0 Å². The van der Waals surface area contributed by atoms with Crippen LogP contribution in [0.25, 0.3) is 0 Å². The number of morpholine rings is 1. The summed E-state index contributed by atoms with van der Waals surface area (Å²) in [5.74, 6) is 3.97. The Morgan fingerprint density at radius 2 is 1.92 bits per heavy atom. The fourth-order valence-corrected chi connectivity index (χ4v) is 7.58. The fourth-order valence-electron chi connectivity index (χ4n) is 6.72. The minimum Gasteiger partial charge on any atom is -0.371 e. The van der Waals surface area contributed by atoms with E-state index in [2.05, 4.69) is 43.7 Å². The summed E-state index contributed by atoms with van der Waals surface area (Å²) in [5.41, 5.74) is 2.40. The molecule has 0 saturated carbocycles. The molecule has 11 heteroatoms. The molecule has 9 nitrogen and oxygen atoms in total. The summed E-state index contributed by atoms with van der Waals surface area (Å²) < 4.78 is 22.0. The summed E-state index contributed by atoms with van der Waals surface area (Å²) in [7, 11) is -2.45. The molecule has 0 aliphatic carbocycles. The van der Waals surface area contributed by atoms with Crippen molar-refractivity contribution in [2.24, 2.45) is 0 Å². The van der Waals surface area contributed by atoms with Gasteiger partial charge in [-0.05, 0) is 62.6 Å². The number of rotatable bonds is 5. The fraction of sp³-hybridized carbons (Fsp3) is 0.593. The molecule has 6 rings (SSSR count). The Bertz CT molecular complexity index is 1290. The molecule has 1 N–H and O–H groups in total. The molecule has 1 spiro atoms. The Kier molecular flexibility index (Phi) is 6.86. The third-order valence-corrected chi connectivity index (χ3v) is 9.69. The van der Waals surface area contributed by atoms with Gasteiger partial charge in [0.05, 0.1) is 22.9 Å². The molecule has 2 aromatic rings. The highest BCUT2D eigenvalue weighted by Crippen LogP contribution is 2.41. The maximum absolute atomic E-state index is 13.1. The van der Waals surface area contributed by atoms with Gasteiger partial charge >= 0.3 is 6.03 Å². The number of hydrogen-bond acceptors (Lipinski definition) is 6. The molecule has 3 unspecified atom stereocenters. The van der Waals surface area contributed by atoms with Crippen LogP contribution < -0.4 is 9.62 Å². The van der Waals surface area contributed by atoms with Crippen LogP contribution in [0.15, 0.2) is 30.5 Å². The smallest absolute Gasteiger partial charge is 0.344 e. The van der Waals surface area contributed by atoms with Gasteiger partial charge in [-0.25, -0.2) is 9.00 Å². The number of hydrogen-bond donors (Lipinski definition) is 1.